The van der Waals surface area contributed by atoms with Gasteiger partial charge in [0, 0.05) is 69.9 Å². The van der Waals surface area contributed by atoms with E-state index in [2.05, 4.69) is 228 Å². The first-order chi connectivity index (χ1) is 30.7. The van der Waals surface area contributed by atoms with E-state index in [1.807, 2.05) is 11.3 Å². The molecule has 0 radical (unpaired) electrons. The number of furan rings is 1. The molecule has 3 nitrogen and oxygen atoms in total. The van der Waals surface area contributed by atoms with Crippen molar-refractivity contribution < 1.29 is 4.42 Å². The normalized spacial score (nSPS) is 11.9. The van der Waals surface area contributed by atoms with E-state index in [9.17, 15) is 0 Å². The standard InChI is InChI=1S/C58H36N2OS/c1-2-14-46-38(11-1)27-33-51-57-45(18-10-21-54(57)61-58(46)51)39-25-30-42(31-26-39)59(44-32-34-50-49-17-5-8-22-55(49)62-56(50)36-44)41-28-23-37(24-29-41)40-12-9-13-43(35-40)60-52-19-6-3-15-47(52)48-16-4-7-20-53(48)60/h1-36H. The van der Waals surface area contributed by atoms with Crippen LogP contribution in [0.3, 0.4) is 0 Å². The number of rotatable bonds is 6. The van der Waals surface area contributed by atoms with Gasteiger partial charge in [0.25, 0.3) is 0 Å². The van der Waals surface area contributed by atoms with Crippen LogP contribution in [0.15, 0.2) is 223 Å². The van der Waals surface area contributed by atoms with Gasteiger partial charge in [0.1, 0.15) is 11.2 Å². The third-order valence-corrected chi connectivity index (χ3v) is 13.7. The fraction of sp³-hybridized carbons (Fsp3) is 0. The summed E-state index contributed by atoms with van der Waals surface area (Å²) in [7, 11) is 0. The smallest absolute Gasteiger partial charge is 0.143 e. The molecule has 0 spiro atoms. The largest absolute Gasteiger partial charge is 0.455 e. The molecule has 0 aliphatic heterocycles. The molecule has 13 rings (SSSR count). The fourth-order valence-electron chi connectivity index (χ4n) is 9.71. The summed E-state index contributed by atoms with van der Waals surface area (Å²) in [5.41, 5.74) is 13.4. The van der Waals surface area contributed by atoms with Crippen molar-refractivity contribution in [2.75, 3.05) is 4.90 Å². The van der Waals surface area contributed by atoms with Crippen LogP contribution in [-0.4, -0.2) is 4.57 Å². The van der Waals surface area contributed by atoms with Gasteiger partial charge in [0.2, 0.25) is 0 Å². The quantitative estimate of drug-likeness (QED) is 0.167. The van der Waals surface area contributed by atoms with E-state index in [1.54, 1.807) is 0 Å². The van der Waals surface area contributed by atoms with Gasteiger partial charge in [-0.15, -0.1) is 11.3 Å². The fourth-order valence-corrected chi connectivity index (χ4v) is 10.9. The molecule has 0 N–H and O–H groups in total. The topological polar surface area (TPSA) is 21.3 Å². The third-order valence-electron chi connectivity index (χ3n) is 12.6. The van der Waals surface area contributed by atoms with Gasteiger partial charge in [-0.25, -0.2) is 0 Å². The molecule has 62 heavy (non-hydrogen) atoms. The Morgan fingerprint density at radius 2 is 1.00 bits per heavy atom. The molecule has 3 aromatic heterocycles. The van der Waals surface area contributed by atoms with Crippen LogP contribution in [-0.2, 0) is 0 Å². The number of aromatic nitrogens is 1. The molecule has 0 aliphatic rings. The molecule has 0 bridgehead atoms. The summed E-state index contributed by atoms with van der Waals surface area (Å²) in [5.74, 6) is 0. The Bertz CT molecular complexity index is 3820. The maximum atomic E-state index is 6.55. The molecule has 0 unspecified atom stereocenters. The van der Waals surface area contributed by atoms with E-state index in [0.29, 0.717) is 0 Å². The van der Waals surface area contributed by atoms with E-state index < -0.39 is 0 Å². The number of hydrogen-bond acceptors (Lipinski definition) is 3. The first kappa shape index (κ1) is 34.9. The van der Waals surface area contributed by atoms with E-state index in [0.717, 1.165) is 61.2 Å². The van der Waals surface area contributed by atoms with Crippen molar-refractivity contribution in [2.24, 2.45) is 0 Å². The lowest BCUT2D eigenvalue weighted by Crippen LogP contribution is -2.09. The Labute approximate surface area is 361 Å². The van der Waals surface area contributed by atoms with E-state index in [4.69, 9.17) is 4.42 Å². The minimum absolute atomic E-state index is 0.900. The average Bonchev–Trinajstić information content (AvgIpc) is 4.02. The summed E-state index contributed by atoms with van der Waals surface area (Å²) in [5, 5.41) is 9.72. The second kappa shape index (κ2) is 13.8. The lowest BCUT2D eigenvalue weighted by Gasteiger charge is -2.26. The van der Waals surface area contributed by atoms with Crippen molar-refractivity contribution in [1.29, 1.82) is 0 Å². The first-order valence-electron chi connectivity index (χ1n) is 21.1. The van der Waals surface area contributed by atoms with Crippen molar-refractivity contribution in [3.8, 4) is 27.9 Å². The maximum absolute atomic E-state index is 6.55. The van der Waals surface area contributed by atoms with E-state index in [-0.39, 0.29) is 0 Å². The molecule has 0 amide bonds. The van der Waals surface area contributed by atoms with Crippen LogP contribution in [0.1, 0.15) is 0 Å². The second-order valence-electron chi connectivity index (χ2n) is 16.1. The number of anilines is 3. The lowest BCUT2D eigenvalue weighted by atomic mass is 9.98. The van der Waals surface area contributed by atoms with Crippen LogP contribution in [0.5, 0.6) is 0 Å². The van der Waals surface area contributed by atoms with Crippen LogP contribution in [0.2, 0.25) is 0 Å². The summed E-state index contributed by atoms with van der Waals surface area (Å²) in [6.45, 7) is 0. The van der Waals surface area contributed by atoms with Gasteiger partial charge in [-0.3, -0.25) is 0 Å². The summed E-state index contributed by atoms with van der Waals surface area (Å²) in [4.78, 5) is 2.38. The number of nitrogens with zero attached hydrogens (tertiary/aromatic N) is 2. The second-order valence-corrected chi connectivity index (χ2v) is 17.2. The highest BCUT2D eigenvalue weighted by molar-refractivity contribution is 7.25. The molecule has 13 aromatic rings. The zero-order valence-corrected chi connectivity index (χ0v) is 34.3. The molecule has 290 valence electrons. The van der Waals surface area contributed by atoms with Gasteiger partial charge in [0.05, 0.1) is 11.0 Å². The zero-order valence-electron chi connectivity index (χ0n) is 33.5. The van der Waals surface area contributed by atoms with Crippen molar-refractivity contribution in [1.82, 2.24) is 4.57 Å². The van der Waals surface area contributed by atoms with Gasteiger partial charge in [0.15, 0.2) is 0 Å². The Hall–Kier alpha value is -7.92. The Morgan fingerprint density at radius 1 is 0.387 bits per heavy atom. The zero-order chi connectivity index (χ0) is 40.7. The van der Waals surface area contributed by atoms with Gasteiger partial charge < -0.3 is 13.9 Å². The van der Waals surface area contributed by atoms with E-state index in [1.165, 1.54) is 58.5 Å². The number of fused-ring (bicyclic) bond motifs is 11. The predicted molar refractivity (Wildman–Crippen MR) is 264 cm³/mol. The predicted octanol–water partition coefficient (Wildman–Crippen LogP) is 17.0. The molecule has 10 aromatic carbocycles. The minimum Gasteiger partial charge on any atom is -0.455 e. The summed E-state index contributed by atoms with van der Waals surface area (Å²) in [6.07, 6.45) is 0. The Kier molecular flexibility index (Phi) is 7.78. The molecule has 4 heteroatoms. The van der Waals surface area contributed by atoms with Crippen LogP contribution >= 0.6 is 11.3 Å². The average molecular weight is 809 g/mol. The number of benzene rings is 10. The Morgan fingerprint density at radius 3 is 1.77 bits per heavy atom. The molecule has 0 aliphatic carbocycles. The highest BCUT2D eigenvalue weighted by Crippen LogP contribution is 2.44. The molecule has 3 heterocycles. The molecule has 0 saturated heterocycles. The summed E-state index contributed by atoms with van der Waals surface area (Å²) < 4.78 is 11.5. The van der Waals surface area contributed by atoms with Crippen LogP contribution in [0.4, 0.5) is 17.1 Å². The summed E-state index contributed by atoms with van der Waals surface area (Å²) in [6, 6.07) is 79.2. The highest BCUT2D eigenvalue weighted by Gasteiger charge is 2.19. The lowest BCUT2D eigenvalue weighted by molar-refractivity contribution is 0.673. The monoisotopic (exact) mass is 808 g/mol. The summed E-state index contributed by atoms with van der Waals surface area (Å²) >= 11 is 1.85. The Balaban J connectivity index is 0.912. The van der Waals surface area contributed by atoms with Crippen molar-refractivity contribution in [3.63, 3.8) is 0 Å². The number of thiophene rings is 1. The SMILES string of the molecule is c1cc(-c2ccc(N(c3ccc(-c4cccc5oc6c7ccccc7ccc6c45)cc3)c3ccc4c(c3)sc3ccccc34)cc2)cc(-n2c3ccccc3c3ccccc32)c1. The van der Waals surface area contributed by atoms with Crippen LogP contribution in [0, 0.1) is 0 Å². The number of para-hydroxylation sites is 2. The first-order valence-corrected chi connectivity index (χ1v) is 21.9. The number of hydrogen-bond donors (Lipinski definition) is 0. The van der Waals surface area contributed by atoms with Crippen LogP contribution < -0.4 is 4.90 Å². The third kappa shape index (κ3) is 5.44. The van der Waals surface area contributed by atoms with Crippen molar-refractivity contribution >= 4 is 103 Å². The van der Waals surface area contributed by atoms with Gasteiger partial charge in [-0.2, -0.15) is 0 Å². The highest BCUT2D eigenvalue weighted by atomic mass is 32.1. The van der Waals surface area contributed by atoms with Crippen LogP contribution in [0.25, 0.3) is 103 Å². The van der Waals surface area contributed by atoms with Gasteiger partial charge in [-0.1, -0.05) is 140 Å². The van der Waals surface area contributed by atoms with Crippen molar-refractivity contribution in [2.45, 2.75) is 0 Å². The van der Waals surface area contributed by atoms with Gasteiger partial charge >= 0.3 is 0 Å². The molecular weight excluding hydrogens is 773 g/mol. The van der Waals surface area contributed by atoms with Crippen molar-refractivity contribution in [3.05, 3.63) is 218 Å². The maximum Gasteiger partial charge on any atom is 0.143 e. The molecule has 0 atom stereocenters. The molecule has 0 saturated carbocycles. The van der Waals surface area contributed by atoms with E-state index >= 15 is 0 Å². The van der Waals surface area contributed by atoms with Gasteiger partial charge in [-0.05, 0) is 107 Å². The minimum atomic E-state index is 0.900. The molecular formula is C58H36N2OS. The molecule has 0 fully saturated rings.